The van der Waals surface area contributed by atoms with Gasteiger partial charge >= 0.3 is 0 Å². The van der Waals surface area contributed by atoms with E-state index in [0.29, 0.717) is 16.8 Å². The van der Waals surface area contributed by atoms with Gasteiger partial charge in [0.1, 0.15) is 0 Å². The lowest BCUT2D eigenvalue weighted by molar-refractivity contribution is 0.248. The minimum Gasteiger partial charge on any atom is -0.398 e. The van der Waals surface area contributed by atoms with Crippen molar-refractivity contribution in [3.8, 4) is 0 Å². The number of piperidine rings is 1. The van der Waals surface area contributed by atoms with Crippen LogP contribution in [0.15, 0.2) is 12.1 Å². The number of aryl methyl sites for hydroxylation is 1. The first-order valence-electron chi connectivity index (χ1n) is 6.46. The fraction of sp³-hybridized carbons (Fsp3) is 0.571. The van der Waals surface area contributed by atoms with E-state index in [1.165, 1.54) is 30.6 Å². The van der Waals surface area contributed by atoms with Crippen LogP contribution in [-0.2, 0) is 0 Å². The summed E-state index contributed by atoms with van der Waals surface area (Å²) in [6.45, 7) is 4.40. The number of benzene rings is 1. The lowest BCUT2D eigenvalue weighted by Crippen LogP contribution is -2.45. The van der Waals surface area contributed by atoms with Crippen LogP contribution in [-0.4, -0.2) is 38.1 Å². The first kappa shape index (κ1) is 13.5. The molecule has 1 heterocycles. The van der Waals surface area contributed by atoms with Gasteiger partial charge in [0.05, 0.1) is 10.7 Å². The molecule has 1 aromatic carbocycles. The van der Waals surface area contributed by atoms with Gasteiger partial charge in [0.15, 0.2) is 0 Å². The van der Waals surface area contributed by atoms with E-state index in [4.69, 9.17) is 17.3 Å². The highest BCUT2D eigenvalue weighted by Crippen LogP contribution is 2.31. The van der Waals surface area contributed by atoms with Crippen LogP contribution in [0, 0.1) is 6.92 Å². The molecule has 1 saturated heterocycles. The van der Waals surface area contributed by atoms with E-state index in [1.807, 2.05) is 12.1 Å². The van der Waals surface area contributed by atoms with E-state index in [1.54, 1.807) is 0 Å². The zero-order valence-electron chi connectivity index (χ0n) is 11.4. The third kappa shape index (κ3) is 2.73. The average molecular weight is 268 g/mol. The summed E-state index contributed by atoms with van der Waals surface area (Å²) in [6.07, 6.45) is 2.50. The van der Waals surface area contributed by atoms with Gasteiger partial charge in [-0.2, -0.15) is 0 Å². The van der Waals surface area contributed by atoms with Crippen LogP contribution < -0.4 is 10.6 Å². The third-order valence-corrected chi connectivity index (χ3v) is 4.17. The van der Waals surface area contributed by atoms with Crippen molar-refractivity contribution in [3.05, 3.63) is 22.7 Å². The van der Waals surface area contributed by atoms with Crippen molar-refractivity contribution in [3.63, 3.8) is 0 Å². The van der Waals surface area contributed by atoms with E-state index < -0.39 is 0 Å². The average Bonchev–Trinajstić information content (AvgIpc) is 2.33. The molecule has 18 heavy (non-hydrogen) atoms. The number of nitrogens with two attached hydrogens (primary N) is 1. The maximum atomic E-state index is 6.14. The van der Waals surface area contributed by atoms with Crippen LogP contribution in [0.5, 0.6) is 0 Å². The molecule has 0 amide bonds. The number of nitrogens with zero attached hydrogens (tertiary/aromatic N) is 2. The molecular weight excluding hydrogens is 246 g/mol. The van der Waals surface area contributed by atoms with Crippen LogP contribution >= 0.6 is 11.6 Å². The van der Waals surface area contributed by atoms with Crippen LogP contribution in [0.1, 0.15) is 18.4 Å². The van der Waals surface area contributed by atoms with Gasteiger partial charge in [-0.25, -0.2) is 0 Å². The zero-order valence-corrected chi connectivity index (χ0v) is 12.2. The minimum atomic E-state index is 0.558. The van der Waals surface area contributed by atoms with E-state index in [2.05, 4.69) is 30.8 Å². The van der Waals surface area contributed by atoms with Crippen molar-refractivity contribution in [1.82, 2.24) is 4.90 Å². The Morgan fingerprint density at radius 3 is 2.83 bits per heavy atom. The number of rotatable bonds is 2. The summed E-state index contributed by atoms with van der Waals surface area (Å²) in [5.41, 5.74) is 8.87. The van der Waals surface area contributed by atoms with Crippen molar-refractivity contribution < 1.29 is 0 Å². The standard InChI is InChI=1S/C14H22ClN3/c1-10-7-13(16)12(15)8-14(10)18(3)11-5-4-6-17(2)9-11/h7-8,11H,4-6,9,16H2,1-3H3. The van der Waals surface area contributed by atoms with Gasteiger partial charge < -0.3 is 15.5 Å². The number of nitrogen functional groups attached to an aromatic ring is 1. The molecule has 2 rings (SSSR count). The fourth-order valence-electron chi connectivity index (χ4n) is 2.73. The summed E-state index contributed by atoms with van der Waals surface area (Å²) in [5, 5.41) is 0.645. The van der Waals surface area contributed by atoms with Crippen molar-refractivity contribution in [1.29, 1.82) is 0 Å². The SMILES string of the molecule is Cc1cc(N)c(Cl)cc1N(C)C1CCCN(C)C1. The molecule has 1 unspecified atom stereocenters. The molecule has 0 saturated carbocycles. The number of halogens is 1. The van der Waals surface area contributed by atoms with Gasteiger partial charge in [0, 0.05) is 25.3 Å². The molecule has 1 fully saturated rings. The Morgan fingerprint density at radius 2 is 2.17 bits per heavy atom. The molecule has 3 nitrogen and oxygen atoms in total. The molecule has 4 heteroatoms. The monoisotopic (exact) mass is 267 g/mol. The molecule has 1 atom stereocenters. The van der Waals surface area contributed by atoms with Gasteiger partial charge in [-0.05, 0) is 51.1 Å². The molecule has 0 aromatic heterocycles. The minimum absolute atomic E-state index is 0.558. The van der Waals surface area contributed by atoms with Gasteiger partial charge in [0.25, 0.3) is 0 Å². The number of hydrogen-bond acceptors (Lipinski definition) is 3. The second-order valence-electron chi connectivity index (χ2n) is 5.33. The lowest BCUT2D eigenvalue weighted by atomic mass is 10.0. The van der Waals surface area contributed by atoms with Crippen LogP contribution in [0.2, 0.25) is 5.02 Å². The van der Waals surface area contributed by atoms with E-state index in [0.717, 1.165) is 6.54 Å². The Morgan fingerprint density at radius 1 is 1.44 bits per heavy atom. The first-order chi connectivity index (χ1) is 8.49. The summed E-state index contributed by atoms with van der Waals surface area (Å²) < 4.78 is 0. The highest BCUT2D eigenvalue weighted by atomic mass is 35.5. The molecule has 0 aliphatic carbocycles. The number of anilines is 2. The van der Waals surface area contributed by atoms with Gasteiger partial charge in [0.2, 0.25) is 0 Å². The second kappa shape index (κ2) is 5.37. The van der Waals surface area contributed by atoms with E-state index >= 15 is 0 Å². The van der Waals surface area contributed by atoms with Crippen LogP contribution in [0.3, 0.4) is 0 Å². The second-order valence-corrected chi connectivity index (χ2v) is 5.74. The Labute approximate surface area is 115 Å². The summed E-state index contributed by atoms with van der Waals surface area (Å²) in [7, 11) is 4.33. The van der Waals surface area contributed by atoms with Crippen molar-refractivity contribution in [2.45, 2.75) is 25.8 Å². The molecule has 0 spiro atoms. The number of hydrogen-bond donors (Lipinski definition) is 1. The first-order valence-corrected chi connectivity index (χ1v) is 6.84. The number of likely N-dealkylation sites (N-methyl/N-ethyl adjacent to an activating group) is 2. The van der Waals surface area contributed by atoms with E-state index in [9.17, 15) is 0 Å². The fourth-order valence-corrected chi connectivity index (χ4v) is 2.88. The topological polar surface area (TPSA) is 32.5 Å². The smallest absolute Gasteiger partial charge is 0.0656 e. The summed E-state index contributed by atoms with van der Waals surface area (Å²) in [4.78, 5) is 4.73. The zero-order chi connectivity index (χ0) is 13.3. The predicted octanol–water partition coefficient (Wildman–Crippen LogP) is 2.76. The Bertz CT molecular complexity index is 433. The molecule has 2 N–H and O–H groups in total. The molecule has 100 valence electrons. The molecule has 0 bridgehead atoms. The molecule has 1 aliphatic heterocycles. The largest absolute Gasteiger partial charge is 0.398 e. The normalized spacial score (nSPS) is 21.0. The van der Waals surface area contributed by atoms with Crippen molar-refractivity contribution in [2.75, 3.05) is 37.8 Å². The predicted molar refractivity (Wildman–Crippen MR) is 79.5 cm³/mol. The van der Waals surface area contributed by atoms with Crippen LogP contribution in [0.25, 0.3) is 0 Å². The van der Waals surface area contributed by atoms with Crippen LogP contribution in [0.4, 0.5) is 11.4 Å². The summed E-state index contributed by atoms with van der Waals surface area (Å²) in [5.74, 6) is 0. The Kier molecular flexibility index (Phi) is 4.03. The maximum Gasteiger partial charge on any atom is 0.0656 e. The quantitative estimate of drug-likeness (QED) is 0.837. The summed E-state index contributed by atoms with van der Waals surface area (Å²) >= 11 is 6.14. The maximum absolute atomic E-state index is 6.14. The van der Waals surface area contributed by atoms with Crippen molar-refractivity contribution in [2.24, 2.45) is 0 Å². The van der Waals surface area contributed by atoms with Gasteiger partial charge in [-0.3, -0.25) is 0 Å². The molecule has 1 aliphatic rings. The Balaban J connectivity index is 2.22. The highest BCUT2D eigenvalue weighted by molar-refractivity contribution is 6.33. The van der Waals surface area contributed by atoms with Gasteiger partial charge in [-0.1, -0.05) is 11.6 Å². The highest BCUT2D eigenvalue weighted by Gasteiger charge is 2.22. The Hall–Kier alpha value is -0.930. The van der Waals surface area contributed by atoms with Crippen molar-refractivity contribution >= 4 is 23.0 Å². The van der Waals surface area contributed by atoms with Gasteiger partial charge in [-0.15, -0.1) is 0 Å². The molecule has 1 aromatic rings. The lowest BCUT2D eigenvalue weighted by Gasteiger charge is -2.37. The van der Waals surface area contributed by atoms with E-state index in [-0.39, 0.29) is 0 Å². The molecule has 0 radical (unpaired) electrons. The number of likely N-dealkylation sites (tertiary alicyclic amines) is 1. The third-order valence-electron chi connectivity index (χ3n) is 3.84. The molecular formula is C14H22ClN3. The summed E-state index contributed by atoms with van der Waals surface area (Å²) in [6, 6.07) is 4.50.